The molecule has 1 aliphatic heterocycles. The molecule has 2 heterocycles. The Balaban J connectivity index is 0.000000270. The van der Waals surface area contributed by atoms with Gasteiger partial charge in [0.15, 0.2) is 23.0 Å². The summed E-state index contributed by atoms with van der Waals surface area (Å²) in [5.41, 5.74) is 5.59. The molecule has 1 aliphatic rings. The first-order chi connectivity index (χ1) is 38.4. The quantitative estimate of drug-likeness (QED) is 0.0483. The van der Waals surface area contributed by atoms with Crippen LogP contribution in [0.1, 0.15) is 47.7 Å². The molecule has 7 aromatic rings. The van der Waals surface area contributed by atoms with E-state index >= 15 is 0 Å². The molecule has 0 unspecified atom stereocenters. The largest absolute Gasteiger partial charge is 2.00 e. The summed E-state index contributed by atoms with van der Waals surface area (Å²) in [5, 5.41) is 8.48. The molecule has 426 valence electrons. The second-order valence-corrected chi connectivity index (χ2v) is 18.1. The standard InChI is InChI=1S/C33H41N4O4.C24H32O8.C5H5.Fe/c1-26-20-27(2)22-33(21-26)41-19-18-39-17-15-37-25-31(34-35-37)10-6-7-16-40-32-13-11-30(12-14-32)24-36(28(3)38)23-29-8-4-5-9-29;1-2-6-22-21(5-1)29-17-13-25-9-10-27-15-19-31-23-7-3-4-8-24(23)32-20-16-28-12-11-26-14-18-30-22;1-2-4-5-3-1;/h4-5,8-9,11-14,20-22,25H,6-7,10,15-19,23-24H2,1-3H3;1-8H,9-20H2;1-5H;/q-1;;-1;+2. The van der Waals surface area contributed by atoms with Gasteiger partial charge in [-0.25, -0.2) is 28.9 Å². The molecule has 0 N–H and O–H groups in total. The zero-order valence-corrected chi connectivity index (χ0v) is 47.1. The number of para-hydroxylation sites is 4. The third-order valence-electron chi connectivity index (χ3n) is 11.6. The van der Waals surface area contributed by atoms with E-state index in [0.717, 1.165) is 47.6 Å². The average Bonchev–Trinajstić information content (AvgIpc) is 4.29. The Kier molecular flexibility index (Phi) is 31.0. The third-order valence-corrected chi connectivity index (χ3v) is 11.6. The molecule has 0 atom stereocenters. The number of aromatic nitrogens is 3. The van der Waals surface area contributed by atoms with Crippen LogP contribution in [0.5, 0.6) is 34.5 Å². The molecule has 17 heteroatoms. The van der Waals surface area contributed by atoms with Crippen molar-refractivity contribution in [2.75, 3.05) is 106 Å². The predicted octanol–water partition coefficient (Wildman–Crippen LogP) is 10.0. The molecule has 1 aromatic heterocycles. The number of amides is 1. The Morgan fingerprint density at radius 3 is 1.59 bits per heavy atom. The number of hydrogen-bond acceptors (Lipinski definition) is 14. The summed E-state index contributed by atoms with van der Waals surface area (Å²) in [6.07, 6.45) is 4.74. The van der Waals surface area contributed by atoms with E-state index in [0.29, 0.717) is 148 Å². The van der Waals surface area contributed by atoms with E-state index in [2.05, 4.69) is 30.2 Å². The van der Waals surface area contributed by atoms with Crippen molar-refractivity contribution in [3.63, 3.8) is 0 Å². The first kappa shape index (κ1) is 63.1. The fourth-order valence-electron chi connectivity index (χ4n) is 7.77. The van der Waals surface area contributed by atoms with Crippen LogP contribution in [0.15, 0.2) is 152 Å². The summed E-state index contributed by atoms with van der Waals surface area (Å²) in [4.78, 5) is 13.9. The Labute approximate surface area is 477 Å². The van der Waals surface area contributed by atoms with Gasteiger partial charge in [-0.15, -0.1) is 10.7 Å². The molecule has 0 fully saturated rings. The number of rotatable bonds is 17. The van der Waals surface area contributed by atoms with E-state index in [1.807, 2.05) is 155 Å². The minimum atomic E-state index is 0. The van der Waals surface area contributed by atoms with Crippen LogP contribution in [0.4, 0.5) is 0 Å². The number of ether oxygens (including phenoxy) is 11. The van der Waals surface area contributed by atoms with Gasteiger partial charge in [0.2, 0.25) is 5.91 Å². The van der Waals surface area contributed by atoms with Crippen LogP contribution in [0.3, 0.4) is 0 Å². The molecule has 0 bridgehead atoms. The van der Waals surface area contributed by atoms with Gasteiger partial charge < -0.3 is 57.0 Å². The van der Waals surface area contributed by atoms with Gasteiger partial charge in [0, 0.05) is 26.2 Å². The fraction of sp³-hybridized carbons (Fsp3) is 0.403. The van der Waals surface area contributed by atoms with Crippen molar-refractivity contribution in [1.29, 1.82) is 0 Å². The number of carbonyl (C=O) groups is 1. The van der Waals surface area contributed by atoms with Gasteiger partial charge >= 0.3 is 17.1 Å². The van der Waals surface area contributed by atoms with Gasteiger partial charge in [-0.1, -0.05) is 47.7 Å². The average molecular weight is 1130 g/mol. The Morgan fingerprint density at radius 1 is 0.570 bits per heavy atom. The molecule has 6 aromatic carbocycles. The van der Waals surface area contributed by atoms with Crippen LogP contribution in [0.25, 0.3) is 0 Å². The Hall–Kier alpha value is -6.69. The molecular weight excluding hydrogens is 1050 g/mol. The number of aryl methyl sites for hydroxylation is 3. The van der Waals surface area contributed by atoms with E-state index in [1.54, 1.807) is 6.92 Å². The van der Waals surface area contributed by atoms with Crippen LogP contribution in [0, 0.1) is 13.8 Å². The molecular formula is C62H78FeN4O12. The molecule has 0 saturated carbocycles. The van der Waals surface area contributed by atoms with E-state index in [9.17, 15) is 4.79 Å². The van der Waals surface area contributed by atoms with Crippen LogP contribution in [0.2, 0.25) is 0 Å². The first-order valence-corrected chi connectivity index (χ1v) is 26.9. The van der Waals surface area contributed by atoms with Gasteiger partial charge in [0.05, 0.1) is 84.9 Å². The Bertz CT molecular complexity index is 2470. The maximum Gasteiger partial charge on any atom is 2.00 e. The smallest absolute Gasteiger partial charge is 0.494 e. The minimum Gasteiger partial charge on any atom is -0.494 e. The second kappa shape index (κ2) is 38.8. The molecule has 16 nitrogen and oxygen atoms in total. The van der Waals surface area contributed by atoms with Gasteiger partial charge in [0.1, 0.15) is 44.5 Å². The van der Waals surface area contributed by atoms with Gasteiger partial charge in [-0.3, -0.25) is 4.79 Å². The molecule has 8 rings (SSSR count). The van der Waals surface area contributed by atoms with Crippen LogP contribution in [-0.2, 0) is 71.6 Å². The summed E-state index contributed by atoms with van der Waals surface area (Å²) in [7, 11) is 0. The first-order valence-electron chi connectivity index (χ1n) is 26.9. The summed E-state index contributed by atoms with van der Waals surface area (Å²) >= 11 is 0. The normalized spacial score (nSPS) is 13.6. The van der Waals surface area contributed by atoms with Crippen molar-refractivity contribution in [1.82, 2.24) is 19.9 Å². The van der Waals surface area contributed by atoms with E-state index in [1.165, 1.54) is 11.1 Å². The van der Waals surface area contributed by atoms with E-state index in [-0.39, 0.29) is 23.0 Å². The fourth-order valence-corrected chi connectivity index (χ4v) is 7.77. The number of nitrogens with zero attached hydrogens (tertiary/aromatic N) is 4. The summed E-state index contributed by atoms with van der Waals surface area (Å²) in [6.45, 7) is 15.3. The summed E-state index contributed by atoms with van der Waals surface area (Å²) in [6, 6.07) is 47.4. The maximum atomic E-state index is 12.1. The van der Waals surface area contributed by atoms with Gasteiger partial charge in [-0.05, 0) is 98.3 Å². The van der Waals surface area contributed by atoms with Crippen molar-refractivity contribution in [2.45, 2.75) is 59.7 Å². The Morgan fingerprint density at radius 2 is 1.10 bits per heavy atom. The SMILES string of the molecule is CC(=O)N(Cc1ccc(OCCCCc2cn(CCOCCOc3cc(C)cc(C)c3)nn2)cc1)Cc1ccc[cH-]1.[Fe+2].c1cc[cH-]c1.c1ccc2c(c1)OCCOCCOCCOc1ccccc1OCCOCCOCCO2. The molecule has 0 saturated heterocycles. The topological polar surface area (TPSA) is 153 Å². The van der Waals surface area contributed by atoms with Crippen LogP contribution in [-0.4, -0.2) is 132 Å². The predicted molar refractivity (Wildman–Crippen MR) is 299 cm³/mol. The van der Waals surface area contributed by atoms with Crippen molar-refractivity contribution < 1.29 is 74.0 Å². The number of carbonyl (C=O) groups excluding carboxylic acids is 1. The zero-order chi connectivity index (χ0) is 54.5. The molecule has 0 spiro atoms. The van der Waals surface area contributed by atoms with Gasteiger partial charge in [-0.2, -0.15) is 30.3 Å². The number of fused-ring (bicyclic) bond motifs is 2. The van der Waals surface area contributed by atoms with E-state index < -0.39 is 0 Å². The molecule has 0 radical (unpaired) electrons. The van der Waals surface area contributed by atoms with Crippen LogP contribution < -0.4 is 28.4 Å². The second-order valence-electron chi connectivity index (χ2n) is 18.1. The minimum absolute atomic E-state index is 0. The molecule has 0 aliphatic carbocycles. The van der Waals surface area contributed by atoms with Crippen molar-refractivity contribution in [3.05, 3.63) is 180 Å². The number of hydrogen-bond donors (Lipinski definition) is 0. The number of benzene rings is 4. The monoisotopic (exact) mass is 1130 g/mol. The molecule has 79 heavy (non-hydrogen) atoms. The molecule has 1 amide bonds. The zero-order valence-electron chi connectivity index (χ0n) is 46.0. The van der Waals surface area contributed by atoms with Crippen molar-refractivity contribution in [2.24, 2.45) is 0 Å². The van der Waals surface area contributed by atoms with Crippen molar-refractivity contribution >= 4 is 5.91 Å². The summed E-state index contributed by atoms with van der Waals surface area (Å²) in [5.74, 6) is 4.52. The van der Waals surface area contributed by atoms with E-state index in [4.69, 9.17) is 52.1 Å². The van der Waals surface area contributed by atoms with Crippen LogP contribution >= 0.6 is 0 Å². The number of unbranched alkanes of at least 4 members (excludes halogenated alkanes) is 1. The van der Waals surface area contributed by atoms with Gasteiger partial charge in [0.25, 0.3) is 0 Å². The third kappa shape index (κ3) is 26.7. The van der Waals surface area contributed by atoms with Crippen molar-refractivity contribution in [3.8, 4) is 34.5 Å². The summed E-state index contributed by atoms with van der Waals surface area (Å²) < 4.78 is 64.6. The maximum absolute atomic E-state index is 12.1.